The van der Waals surface area contributed by atoms with Gasteiger partial charge in [0, 0.05) is 12.2 Å². The molecule has 0 aromatic heterocycles. The second-order valence-corrected chi connectivity index (χ2v) is 6.52. The molecule has 28 heavy (non-hydrogen) atoms. The molecule has 0 aliphatic rings. The molecule has 0 fully saturated rings. The third-order valence-corrected chi connectivity index (χ3v) is 4.04. The summed E-state index contributed by atoms with van der Waals surface area (Å²) in [5.74, 6) is -4.51. The average Bonchev–Trinajstić information content (AvgIpc) is 2.60. The highest BCUT2D eigenvalue weighted by Gasteiger charge is 2.30. The molecule has 0 aliphatic carbocycles. The van der Waals surface area contributed by atoms with Crippen molar-refractivity contribution in [3.63, 3.8) is 0 Å². The van der Waals surface area contributed by atoms with Crippen molar-refractivity contribution in [3.05, 3.63) is 0 Å². The van der Waals surface area contributed by atoms with Crippen LogP contribution in [0.5, 0.6) is 0 Å². The van der Waals surface area contributed by atoms with Crippen LogP contribution in [0.3, 0.4) is 0 Å². The number of hydrogen-bond acceptors (Lipinski definition) is 8. The largest absolute Gasteiger partial charge is 0.480 e. The maximum Gasteiger partial charge on any atom is 0.326 e. The molecule has 0 aromatic rings. The van der Waals surface area contributed by atoms with E-state index in [9.17, 15) is 29.1 Å². The first kappa shape index (κ1) is 25.6. The van der Waals surface area contributed by atoms with Gasteiger partial charge >= 0.3 is 5.97 Å². The molecule has 13 heteroatoms. The number of thiol groups is 1. The first-order valence-corrected chi connectivity index (χ1v) is 9.00. The normalized spacial score (nSPS) is 16.0. The van der Waals surface area contributed by atoms with E-state index < -0.39 is 59.9 Å². The summed E-state index contributed by atoms with van der Waals surface area (Å²) in [7, 11) is 0. The van der Waals surface area contributed by atoms with Crippen molar-refractivity contribution in [2.45, 2.75) is 57.0 Å². The summed E-state index contributed by atoms with van der Waals surface area (Å²) in [6.45, 7) is 2.53. The van der Waals surface area contributed by atoms with Crippen LogP contribution in [0.1, 0.15) is 26.7 Å². The van der Waals surface area contributed by atoms with Crippen LogP contribution >= 0.6 is 12.6 Å². The summed E-state index contributed by atoms with van der Waals surface area (Å²) in [4.78, 5) is 58.1. The maximum absolute atomic E-state index is 12.3. The molecule has 0 saturated heterocycles. The Hall–Kier alpha value is -2.38. The van der Waals surface area contributed by atoms with Crippen LogP contribution < -0.4 is 27.4 Å². The Balaban J connectivity index is 4.93. The molecule has 0 bridgehead atoms. The Kier molecular flexibility index (Phi) is 11.1. The fourth-order valence-electron chi connectivity index (χ4n) is 1.96. The van der Waals surface area contributed by atoms with E-state index >= 15 is 0 Å². The van der Waals surface area contributed by atoms with Gasteiger partial charge in [-0.15, -0.1) is 0 Å². The van der Waals surface area contributed by atoms with Crippen molar-refractivity contribution in [1.82, 2.24) is 16.0 Å². The van der Waals surface area contributed by atoms with Gasteiger partial charge in [-0.2, -0.15) is 12.6 Å². The highest BCUT2D eigenvalue weighted by molar-refractivity contribution is 7.80. The van der Waals surface area contributed by atoms with Crippen LogP contribution in [0.4, 0.5) is 0 Å². The van der Waals surface area contributed by atoms with Crippen LogP contribution in [0.25, 0.3) is 0 Å². The predicted octanol–water partition coefficient (Wildman–Crippen LogP) is -3.55. The zero-order valence-electron chi connectivity index (χ0n) is 15.5. The summed E-state index contributed by atoms with van der Waals surface area (Å²) in [5.41, 5.74) is 10.4. The number of nitrogens with two attached hydrogens (primary N) is 2. The predicted molar refractivity (Wildman–Crippen MR) is 101 cm³/mol. The van der Waals surface area contributed by atoms with E-state index in [-0.39, 0.29) is 18.6 Å². The molecule has 0 aliphatic heterocycles. The van der Waals surface area contributed by atoms with Crippen molar-refractivity contribution >= 4 is 42.2 Å². The number of amides is 4. The second-order valence-electron chi connectivity index (χ2n) is 6.15. The zero-order valence-corrected chi connectivity index (χ0v) is 16.4. The quantitative estimate of drug-likeness (QED) is 0.147. The van der Waals surface area contributed by atoms with Gasteiger partial charge < -0.3 is 37.6 Å². The SMILES string of the molecule is CC(NC(=O)C(NC(=O)C(N)CS)C(C)O)C(=O)NC(CCC(N)=O)C(=O)O. The molecule has 0 heterocycles. The highest BCUT2D eigenvalue weighted by atomic mass is 32.1. The summed E-state index contributed by atoms with van der Waals surface area (Å²) >= 11 is 3.86. The molecule has 12 nitrogen and oxygen atoms in total. The van der Waals surface area contributed by atoms with Crippen molar-refractivity contribution in [2.75, 3.05) is 5.75 Å². The molecule has 0 rings (SSSR count). The van der Waals surface area contributed by atoms with E-state index in [2.05, 4.69) is 28.6 Å². The first-order chi connectivity index (χ1) is 12.9. The standard InChI is InChI=1S/C15H27N5O7S/c1-6(12(23)19-9(15(26)27)3-4-10(17)22)18-14(25)11(7(2)21)20-13(24)8(16)5-28/h6-9,11,21,28H,3-5,16H2,1-2H3,(H2,17,22)(H,18,25)(H,19,23)(H,20,24)(H,26,27). The molecule has 0 saturated carbocycles. The fraction of sp³-hybridized carbons (Fsp3) is 0.667. The number of hydrogen-bond donors (Lipinski definition) is 8. The lowest BCUT2D eigenvalue weighted by molar-refractivity contribution is -0.142. The Morgan fingerprint density at radius 3 is 2.00 bits per heavy atom. The van der Waals surface area contributed by atoms with Crippen LogP contribution in [0.2, 0.25) is 0 Å². The number of carbonyl (C=O) groups is 5. The minimum atomic E-state index is -1.39. The number of aliphatic carboxylic acids is 1. The summed E-state index contributed by atoms with van der Waals surface area (Å²) in [6, 6.07) is -4.96. The van der Waals surface area contributed by atoms with Crippen molar-refractivity contribution in [1.29, 1.82) is 0 Å². The number of carboxylic acid groups (broad SMARTS) is 1. The second kappa shape index (κ2) is 12.2. The van der Waals surface area contributed by atoms with Crippen LogP contribution in [-0.2, 0) is 24.0 Å². The Morgan fingerprint density at radius 1 is 1.00 bits per heavy atom. The molecular weight excluding hydrogens is 394 g/mol. The maximum atomic E-state index is 12.3. The van der Waals surface area contributed by atoms with E-state index in [0.29, 0.717) is 0 Å². The number of aliphatic hydroxyl groups is 1. The zero-order chi connectivity index (χ0) is 22.0. The molecule has 5 atom stereocenters. The molecule has 160 valence electrons. The number of rotatable bonds is 12. The van der Waals surface area contributed by atoms with E-state index in [1.54, 1.807) is 0 Å². The van der Waals surface area contributed by atoms with Gasteiger partial charge in [-0.05, 0) is 20.3 Å². The van der Waals surface area contributed by atoms with Gasteiger partial charge in [-0.1, -0.05) is 0 Å². The number of primary amides is 1. The topological polar surface area (TPSA) is 214 Å². The third-order valence-electron chi connectivity index (χ3n) is 3.64. The lowest BCUT2D eigenvalue weighted by atomic mass is 10.1. The summed E-state index contributed by atoms with van der Waals surface area (Å²) in [5, 5.41) is 25.5. The van der Waals surface area contributed by atoms with Crippen molar-refractivity contribution in [3.8, 4) is 0 Å². The summed E-state index contributed by atoms with van der Waals surface area (Å²) < 4.78 is 0. The molecule has 0 spiro atoms. The van der Waals surface area contributed by atoms with Crippen LogP contribution in [0, 0.1) is 0 Å². The van der Waals surface area contributed by atoms with Gasteiger partial charge in [0.25, 0.3) is 0 Å². The monoisotopic (exact) mass is 421 g/mol. The number of aliphatic hydroxyl groups excluding tert-OH is 1. The molecule has 0 aromatic carbocycles. The molecule has 9 N–H and O–H groups in total. The molecule has 4 amide bonds. The molecule has 5 unspecified atom stereocenters. The summed E-state index contributed by atoms with van der Waals surface area (Å²) in [6.07, 6.45) is -1.77. The van der Waals surface area contributed by atoms with Gasteiger partial charge in [0.05, 0.1) is 12.1 Å². The van der Waals surface area contributed by atoms with Gasteiger partial charge in [0.2, 0.25) is 23.6 Å². The number of carboxylic acids is 1. The van der Waals surface area contributed by atoms with Gasteiger partial charge in [0.15, 0.2) is 0 Å². The van der Waals surface area contributed by atoms with E-state index in [1.807, 2.05) is 0 Å². The van der Waals surface area contributed by atoms with Gasteiger partial charge in [0.1, 0.15) is 18.1 Å². The molecule has 0 radical (unpaired) electrons. The van der Waals surface area contributed by atoms with Gasteiger partial charge in [-0.25, -0.2) is 4.79 Å². The Morgan fingerprint density at radius 2 is 1.57 bits per heavy atom. The van der Waals surface area contributed by atoms with Crippen LogP contribution in [0.15, 0.2) is 0 Å². The lowest BCUT2D eigenvalue weighted by Gasteiger charge is -2.24. The third kappa shape index (κ3) is 9.01. The van der Waals surface area contributed by atoms with Crippen molar-refractivity contribution in [2.24, 2.45) is 11.5 Å². The van der Waals surface area contributed by atoms with Crippen LogP contribution in [-0.4, -0.2) is 75.8 Å². The fourth-order valence-corrected chi connectivity index (χ4v) is 2.12. The minimum absolute atomic E-state index is 0.0146. The Bertz CT molecular complexity index is 601. The van der Waals surface area contributed by atoms with E-state index in [0.717, 1.165) is 0 Å². The highest BCUT2D eigenvalue weighted by Crippen LogP contribution is 2.00. The first-order valence-electron chi connectivity index (χ1n) is 8.37. The van der Waals surface area contributed by atoms with Gasteiger partial charge in [-0.3, -0.25) is 19.2 Å². The number of carbonyl (C=O) groups excluding carboxylic acids is 4. The smallest absolute Gasteiger partial charge is 0.326 e. The molecular formula is C15H27N5O7S. The average molecular weight is 421 g/mol. The van der Waals surface area contributed by atoms with E-state index in [4.69, 9.17) is 16.6 Å². The minimum Gasteiger partial charge on any atom is -0.480 e. The van der Waals surface area contributed by atoms with E-state index in [1.165, 1.54) is 13.8 Å². The van der Waals surface area contributed by atoms with Crippen molar-refractivity contribution < 1.29 is 34.2 Å². The lowest BCUT2D eigenvalue weighted by Crippen LogP contribution is -2.59. The Labute approximate surface area is 167 Å². The number of nitrogens with one attached hydrogen (secondary N) is 3.